The molecule has 0 saturated carbocycles. The summed E-state index contributed by atoms with van der Waals surface area (Å²) in [7, 11) is 0. The number of amides is 1. The highest BCUT2D eigenvalue weighted by Gasteiger charge is 2.08. The molecule has 0 heterocycles. The summed E-state index contributed by atoms with van der Waals surface area (Å²) in [6.07, 6.45) is 0.711. The zero-order valence-electron chi connectivity index (χ0n) is 7.46. The van der Waals surface area contributed by atoms with Crippen LogP contribution in [0.25, 0.3) is 0 Å². The zero-order chi connectivity index (χ0) is 9.84. The number of hydrogen-bond acceptors (Lipinski definition) is 1. The minimum absolute atomic E-state index is 0.0961. The average molecular weight is 242 g/mol. The number of primary amides is 1. The molecular formula is C10H12BrNO. The average Bonchev–Trinajstić information content (AvgIpc) is 2.08. The van der Waals surface area contributed by atoms with E-state index in [1.807, 2.05) is 31.2 Å². The van der Waals surface area contributed by atoms with E-state index in [9.17, 15) is 4.79 Å². The molecule has 0 aliphatic carbocycles. The van der Waals surface area contributed by atoms with Crippen LogP contribution in [-0.4, -0.2) is 5.91 Å². The summed E-state index contributed by atoms with van der Waals surface area (Å²) < 4.78 is 1.04. The first-order chi connectivity index (χ1) is 6.09. The van der Waals surface area contributed by atoms with E-state index in [-0.39, 0.29) is 11.8 Å². The van der Waals surface area contributed by atoms with Crippen molar-refractivity contribution in [2.45, 2.75) is 13.3 Å². The Morgan fingerprint density at radius 2 is 2.00 bits per heavy atom. The van der Waals surface area contributed by atoms with Crippen molar-refractivity contribution in [1.29, 1.82) is 0 Å². The van der Waals surface area contributed by atoms with Crippen molar-refractivity contribution in [1.82, 2.24) is 0 Å². The molecule has 1 aromatic carbocycles. The molecule has 0 spiro atoms. The molecule has 0 aliphatic rings. The lowest BCUT2D eigenvalue weighted by atomic mass is 10.0. The predicted octanol–water partition coefficient (Wildman–Crippen LogP) is 2.11. The summed E-state index contributed by atoms with van der Waals surface area (Å²) >= 11 is 3.35. The summed E-state index contributed by atoms with van der Waals surface area (Å²) in [6.45, 7) is 1.84. The largest absolute Gasteiger partial charge is 0.369 e. The molecule has 1 atom stereocenters. The van der Waals surface area contributed by atoms with Crippen LogP contribution in [0.3, 0.4) is 0 Å². The molecule has 13 heavy (non-hydrogen) atoms. The Kier molecular flexibility index (Phi) is 3.48. The van der Waals surface area contributed by atoms with E-state index in [1.165, 1.54) is 0 Å². The maximum atomic E-state index is 10.8. The molecule has 1 aromatic rings. The molecule has 1 rings (SSSR count). The van der Waals surface area contributed by atoms with E-state index in [4.69, 9.17) is 5.73 Å². The van der Waals surface area contributed by atoms with Crippen molar-refractivity contribution >= 4 is 21.8 Å². The molecule has 0 aliphatic heterocycles. The van der Waals surface area contributed by atoms with Gasteiger partial charge in [0.1, 0.15) is 0 Å². The minimum Gasteiger partial charge on any atom is -0.369 e. The van der Waals surface area contributed by atoms with Gasteiger partial charge in [0.15, 0.2) is 0 Å². The van der Waals surface area contributed by atoms with Crippen LogP contribution in [0.1, 0.15) is 12.5 Å². The van der Waals surface area contributed by atoms with Gasteiger partial charge in [0.25, 0.3) is 0 Å². The van der Waals surface area contributed by atoms with Crippen LogP contribution in [0.15, 0.2) is 28.7 Å². The van der Waals surface area contributed by atoms with Gasteiger partial charge in [-0.05, 0) is 24.1 Å². The second kappa shape index (κ2) is 4.42. The smallest absolute Gasteiger partial charge is 0.220 e. The fraction of sp³-hybridized carbons (Fsp3) is 0.300. The van der Waals surface area contributed by atoms with E-state index >= 15 is 0 Å². The van der Waals surface area contributed by atoms with E-state index in [0.717, 1.165) is 10.0 Å². The molecular weight excluding hydrogens is 230 g/mol. The number of carbonyl (C=O) groups excluding carboxylic acids is 1. The first-order valence-electron chi connectivity index (χ1n) is 4.13. The van der Waals surface area contributed by atoms with E-state index < -0.39 is 0 Å². The summed E-state index contributed by atoms with van der Waals surface area (Å²) in [5, 5.41) is 0. The SMILES string of the molecule is C[C@H](Cc1ccc(Br)cc1)C(N)=O. The van der Waals surface area contributed by atoms with Crippen LogP contribution >= 0.6 is 15.9 Å². The first kappa shape index (κ1) is 10.3. The summed E-state index contributed by atoms with van der Waals surface area (Å²) in [5.74, 6) is -0.343. The summed E-state index contributed by atoms with van der Waals surface area (Å²) in [6, 6.07) is 7.90. The number of nitrogens with two attached hydrogens (primary N) is 1. The van der Waals surface area contributed by atoms with Gasteiger partial charge in [0, 0.05) is 10.4 Å². The molecule has 0 fully saturated rings. The van der Waals surface area contributed by atoms with Gasteiger partial charge in [-0.2, -0.15) is 0 Å². The highest BCUT2D eigenvalue weighted by atomic mass is 79.9. The molecule has 0 aromatic heterocycles. The first-order valence-corrected chi connectivity index (χ1v) is 4.92. The Morgan fingerprint density at radius 1 is 1.46 bits per heavy atom. The maximum Gasteiger partial charge on any atom is 0.220 e. The fourth-order valence-electron chi connectivity index (χ4n) is 1.07. The standard InChI is InChI=1S/C10H12BrNO/c1-7(10(12)13)6-8-2-4-9(11)5-3-8/h2-5,7H,6H2,1H3,(H2,12,13)/t7-/m1/s1. The third kappa shape index (κ3) is 3.19. The van der Waals surface area contributed by atoms with Crippen molar-refractivity contribution in [3.63, 3.8) is 0 Å². The molecule has 0 bridgehead atoms. The maximum absolute atomic E-state index is 10.8. The Hall–Kier alpha value is -0.830. The third-order valence-electron chi connectivity index (χ3n) is 1.94. The second-order valence-electron chi connectivity index (χ2n) is 3.13. The predicted molar refractivity (Wildman–Crippen MR) is 56.2 cm³/mol. The summed E-state index contributed by atoms with van der Waals surface area (Å²) in [4.78, 5) is 10.8. The normalized spacial score (nSPS) is 12.5. The summed E-state index contributed by atoms with van der Waals surface area (Å²) in [5.41, 5.74) is 6.30. The van der Waals surface area contributed by atoms with Crippen LogP contribution in [0.4, 0.5) is 0 Å². The quantitative estimate of drug-likeness (QED) is 0.866. The molecule has 0 unspecified atom stereocenters. The molecule has 2 nitrogen and oxygen atoms in total. The number of carbonyl (C=O) groups is 1. The molecule has 0 radical (unpaired) electrons. The van der Waals surface area contributed by atoms with Crippen LogP contribution < -0.4 is 5.73 Å². The Labute approximate surface area is 86.3 Å². The van der Waals surface area contributed by atoms with Crippen LogP contribution in [-0.2, 0) is 11.2 Å². The van der Waals surface area contributed by atoms with Gasteiger partial charge in [0.05, 0.1) is 0 Å². The van der Waals surface area contributed by atoms with Gasteiger partial charge >= 0.3 is 0 Å². The van der Waals surface area contributed by atoms with Crippen molar-refractivity contribution in [3.05, 3.63) is 34.3 Å². The molecule has 1 amide bonds. The lowest BCUT2D eigenvalue weighted by Crippen LogP contribution is -2.22. The van der Waals surface area contributed by atoms with Gasteiger partial charge in [0.2, 0.25) is 5.91 Å². The third-order valence-corrected chi connectivity index (χ3v) is 2.47. The second-order valence-corrected chi connectivity index (χ2v) is 4.05. The van der Waals surface area contributed by atoms with Gasteiger partial charge in [-0.3, -0.25) is 4.79 Å². The highest BCUT2D eigenvalue weighted by molar-refractivity contribution is 9.10. The number of rotatable bonds is 3. The van der Waals surface area contributed by atoms with E-state index in [0.29, 0.717) is 6.42 Å². The van der Waals surface area contributed by atoms with Gasteiger partial charge in [-0.1, -0.05) is 35.0 Å². The van der Waals surface area contributed by atoms with Crippen LogP contribution in [0.2, 0.25) is 0 Å². The lowest BCUT2D eigenvalue weighted by molar-refractivity contribution is -0.121. The highest BCUT2D eigenvalue weighted by Crippen LogP contribution is 2.13. The zero-order valence-corrected chi connectivity index (χ0v) is 9.04. The number of hydrogen-bond donors (Lipinski definition) is 1. The van der Waals surface area contributed by atoms with Gasteiger partial charge in [-0.25, -0.2) is 0 Å². The number of benzene rings is 1. The lowest BCUT2D eigenvalue weighted by Gasteiger charge is -2.06. The van der Waals surface area contributed by atoms with Crippen LogP contribution in [0.5, 0.6) is 0 Å². The topological polar surface area (TPSA) is 43.1 Å². The van der Waals surface area contributed by atoms with E-state index in [1.54, 1.807) is 0 Å². The molecule has 70 valence electrons. The van der Waals surface area contributed by atoms with Gasteiger partial charge < -0.3 is 5.73 Å². The molecule has 2 N–H and O–H groups in total. The molecule has 3 heteroatoms. The van der Waals surface area contributed by atoms with Crippen molar-refractivity contribution in [3.8, 4) is 0 Å². The Balaban J connectivity index is 2.64. The van der Waals surface area contributed by atoms with Crippen molar-refractivity contribution < 1.29 is 4.79 Å². The monoisotopic (exact) mass is 241 g/mol. The van der Waals surface area contributed by atoms with E-state index in [2.05, 4.69) is 15.9 Å². The van der Waals surface area contributed by atoms with Gasteiger partial charge in [-0.15, -0.1) is 0 Å². The number of halogens is 1. The van der Waals surface area contributed by atoms with Crippen LogP contribution in [0, 0.1) is 5.92 Å². The Morgan fingerprint density at radius 3 is 2.46 bits per heavy atom. The minimum atomic E-state index is -0.247. The van der Waals surface area contributed by atoms with Crippen molar-refractivity contribution in [2.75, 3.05) is 0 Å². The van der Waals surface area contributed by atoms with Crippen molar-refractivity contribution in [2.24, 2.45) is 11.7 Å². The fourth-order valence-corrected chi connectivity index (χ4v) is 1.34. The molecule has 0 saturated heterocycles. The Bertz CT molecular complexity index is 294.